The summed E-state index contributed by atoms with van der Waals surface area (Å²) in [6.45, 7) is 5.02. The molecule has 3 heterocycles. The van der Waals surface area contributed by atoms with Crippen LogP contribution in [0.4, 0.5) is 0 Å². The van der Waals surface area contributed by atoms with Crippen LogP contribution in [0.2, 0.25) is 0 Å². The zero-order valence-corrected chi connectivity index (χ0v) is 17.6. The molecule has 0 spiro atoms. The minimum absolute atomic E-state index is 0. The second-order valence-corrected chi connectivity index (χ2v) is 7.66. The average Bonchev–Trinajstić information content (AvgIpc) is 3.45. The summed E-state index contributed by atoms with van der Waals surface area (Å²) in [6, 6.07) is 18.8. The first-order valence-electron chi connectivity index (χ1n) is 10.5. The number of imidazole rings is 1. The average molecular weight is 433 g/mol. The summed E-state index contributed by atoms with van der Waals surface area (Å²) in [5.41, 5.74) is 7.51. The number of benzene rings is 2. The Hall–Kier alpha value is -2.87. The molecule has 0 aliphatic carbocycles. The van der Waals surface area contributed by atoms with E-state index in [4.69, 9.17) is 4.98 Å². The molecule has 7 nitrogen and oxygen atoms in total. The second kappa shape index (κ2) is 9.73. The molecule has 0 aliphatic rings. The first kappa shape index (κ1) is 22.3. The van der Waals surface area contributed by atoms with E-state index in [2.05, 4.69) is 74.4 Å². The quantitative estimate of drug-likeness (QED) is 0.410. The molecule has 0 unspecified atom stereocenters. The number of H-pyrrole nitrogens is 1. The van der Waals surface area contributed by atoms with Crippen LogP contribution in [0.15, 0.2) is 60.8 Å². The van der Waals surface area contributed by atoms with Crippen molar-refractivity contribution in [2.45, 2.75) is 33.2 Å². The van der Waals surface area contributed by atoms with Gasteiger partial charge in [0, 0.05) is 18.2 Å². The number of aromatic amines is 1. The first-order chi connectivity index (χ1) is 15.2. The molecule has 0 fully saturated rings. The predicted octanol–water partition coefficient (Wildman–Crippen LogP) is 3.94. The van der Waals surface area contributed by atoms with Gasteiger partial charge >= 0.3 is 29.6 Å². The van der Waals surface area contributed by atoms with Crippen molar-refractivity contribution >= 4 is 40.7 Å². The van der Waals surface area contributed by atoms with Gasteiger partial charge in [0.15, 0.2) is 11.5 Å². The van der Waals surface area contributed by atoms with Crippen LogP contribution in [0, 0.1) is 6.92 Å². The zero-order valence-electron chi connectivity index (χ0n) is 17.6. The van der Waals surface area contributed by atoms with Gasteiger partial charge in [-0.25, -0.2) is 15.1 Å². The molecule has 5 rings (SSSR count). The van der Waals surface area contributed by atoms with Crippen LogP contribution >= 0.6 is 0 Å². The zero-order chi connectivity index (χ0) is 21.2. The first-order valence-corrected chi connectivity index (χ1v) is 10.5. The van der Waals surface area contributed by atoms with Gasteiger partial charge in [-0.1, -0.05) is 55.5 Å². The van der Waals surface area contributed by atoms with Gasteiger partial charge in [0.05, 0.1) is 6.54 Å². The Morgan fingerprint density at radius 1 is 0.969 bits per heavy atom. The third-order valence-corrected chi connectivity index (χ3v) is 5.52. The topological polar surface area (TPSA) is 85.2 Å². The number of tetrazole rings is 1. The van der Waals surface area contributed by atoms with Crippen molar-refractivity contribution in [3.63, 3.8) is 0 Å². The number of pyridine rings is 1. The van der Waals surface area contributed by atoms with E-state index in [1.54, 1.807) is 0 Å². The number of nitrogens with one attached hydrogen (secondary N) is 1. The van der Waals surface area contributed by atoms with Gasteiger partial charge in [-0.05, 0) is 52.1 Å². The van der Waals surface area contributed by atoms with E-state index >= 15 is 0 Å². The van der Waals surface area contributed by atoms with Crippen LogP contribution in [0.5, 0.6) is 0 Å². The summed E-state index contributed by atoms with van der Waals surface area (Å²) in [5, 5.41) is 14.3. The molecule has 2 aromatic carbocycles. The molecule has 8 heteroatoms. The molecular formula is C24H24N7Na. The van der Waals surface area contributed by atoms with Crippen LogP contribution in [0.1, 0.15) is 30.3 Å². The Balaban J connectivity index is 0.00000245. The van der Waals surface area contributed by atoms with E-state index in [-0.39, 0.29) is 29.6 Å². The Bertz CT molecular complexity index is 1320. The van der Waals surface area contributed by atoms with Gasteiger partial charge in [-0.3, -0.25) is 0 Å². The van der Waals surface area contributed by atoms with E-state index in [0.717, 1.165) is 58.6 Å². The van der Waals surface area contributed by atoms with E-state index < -0.39 is 0 Å². The van der Waals surface area contributed by atoms with Crippen LogP contribution < -0.4 is 0 Å². The van der Waals surface area contributed by atoms with Crippen molar-refractivity contribution in [3.8, 4) is 22.5 Å². The van der Waals surface area contributed by atoms with Crippen LogP contribution in [0.3, 0.4) is 0 Å². The van der Waals surface area contributed by atoms with Crippen LogP contribution in [-0.2, 0) is 13.0 Å². The summed E-state index contributed by atoms with van der Waals surface area (Å²) < 4.78 is 2.25. The van der Waals surface area contributed by atoms with Crippen molar-refractivity contribution in [1.82, 2.24) is 35.2 Å². The van der Waals surface area contributed by atoms with Gasteiger partial charge in [-0.2, -0.15) is 0 Å². The van der Waals surface area contributed by atoms with E-state index in [0.29, 0.717) is 5.82 Å². The fourth-order valence-corrected chi connectivity index (χ4v) is 3.95. The third-order valence-electron chi connectivity index (χ3n) is 5.52. The summed E-state index contributed by atoms with van der Waals surface area (Å²) in [7, 11) is 0. The summed E-state index contributed by atoms with van der Waals surface area (Å²) in [5.74, 6) is 1.75. The number of aryl methyl sites for hydroxylation is 2. The monoisotopic (exact) mass is 433 g/mol. The molecule has 0 saturated carbocycles. The Kier molecular flexibility index (Phi) is 6.79. The maximum atomic E-state index is 4.88. The van der Waals surface area contributed by atoms with Crippen molar-refractivity contribution in [3.05, 3.63) is 77.7 Å². The van der Waals surface area contributed by atoms with Crippen molar-refractivity contribution in [2.24, 2.45) is 0 Å². The molecule has 0 amide bonds. The molecule has 156 valence electrons. The molecule has 5 aromatic rings. The number of rotatable bonds is 6. The normalized spacial score (nSPS) is 10.9. The van der Waals surface area contributed by atoms with Crippen molar-refractivity contribution < 1.29 is 0 Å². The summed E-state index contributed by atoms with van der Waals surface area (Å²) in [6.07, 6.45) is 3.85. The number of nitrogens with zero attached hydrogens (tertiary/aromatic N) is 6. The van der Waals surface area contributed by atoms with Gasteiger partial charge in [-0.15, -0.1) is 5.10 Å². The maximum absolute atomic E-state index is 4.88. The standard InChI is InChI=1S/C24H23N7.Na.H/c1-3-6-21-26-22-16(2)13-14-25-24(22)31(21)15-17-9-11-18(12-10-17)19-7-4-5-8-20(19)23-27-29-30-28-23;;/h4-5,7-14H,3,6,15H2,1-2H3,(H,27,28,29,30);;. The van der Waals surface area contributed by atoms with Gasteiger partial charge < -0.3 is 4.57 Å². The minimum atomic E-state index is 0. The Morgan fingerprint density at radius 3 is 2.47 bits per heavy atom. The number of aromatic nitrogens is 7. The second-order valence-electron chi connectivity index (χ2n) is 7.66. The van der Waals surface area contributed by atoms with Crippen molar-refractivity contribution in [1.29, 1.82) is 0 Å². The Labute approximate surface area is 208 Å². The molecule has 0 aliphatic heterocycles. The van der Waals surface area contributed by atoms with Gasteiger partial charge in [0.1, 0.15) is 11.3 Å². The molecule has 1 N–H and O–H groups in total. The predicted molar refractivity (Wildman–Crippen MR) is 128 cm³/mol. The van der Waals surface area contributed by atoms with E-state index in [9.17, 15) is 0 Å². The molecule has 0 saturated heterocycles. The number of hydrogen-bond acceptors (Lipinski definition) is 5. The van der Waals surface area contributed by atoms with Crippen LogP contribution in [0.25, 0.3) is 33.7 Å². The molecule has 0 bridgehead atoms. The van der Waals surface area contributed by atoms with Gasteiger partial charge in [0.25, 0.3) is 0 Å². The Morgan fingerprint density at radius 2 is 1.75 bits per heavy atom. The number of fused-ring (bicyclic) bond motifs is 1. The third kappa shape index (κ3) is 4.24. The van der Waals surface area contributed by atoms with Crippen LogP contribution in [-0.4, -0.2) is 64.7 Å². The van der Waals surface area contributed by atoms with E-state index in [1.807, 2.05) is 30.5 Å². The summed E-state index contributed by atoms with van der Waals surface area (Å²) >= 11 is 0. The van der Waals surface area contributed by atoms with Gasteiger partial charge in [0.2, 0.25) is 0 Å². The van der Waals surface area contributed by atoms with E-state index in [1.165, 1.54) is 5.56 Å². The number of hydrogen-bond donors (Lipinski definition) is 1. The fraction of sp³-hybridized carbons (Fsp3) is 0.208. The molecule has 0 atom stereocenters. The molecule has 0 radical (unpaired) electrons. The SMILES string of the molecule is CCCc1nc2c(C)ccnc2n1Cc1ccc(-c2ccccc2-c2nnn[nH]2)cc1.[NaH]. The van der Waals surface area contributed by atoms with Crippen molar-refractivity contribution in [2.75, 3.05) is 0 Å². The summed E-state index contributed by atoms with van der Waals surface area (Å²) in [4.78, 5) is 9.51. The molecule has 32 heavy (non-hydrogen) atoms. The fourth-order valence-electron chi connectivity index (χ4n) is 3.95. The molecule has 3 aromatic heterocycles. The molecular weight excluding hydrogens is 409 g/mol.